The quantitative estimate of drug-likeness (QED) is 0.511. The first-order valence-corrected chi connectivity index (χ1v) is 13.1. The number of thiazole rings is 1. The third-order valence-corrected chi connectivity index (χ3v) is 8.06. The third kappa shape index (κ3) is 4.37. The highest BCUT2D eigenvalue weighted by Crippen LogP contribution is 2.49. The maximum atomic E-state index is 13.7. The van der Waals surface area contributed by atoms with Gasteiger partial charge in [0.05, 0.1) is 10.9 Å². The Morgan fingerprint density at radius 1 is 1.21 bits per heavy atom. The van der Waals surface area contributed by atoms with Gasteiger partial charge in [-0.25, -0.2) is 4.98 Å². The number of aryl methyl sites for hydroxylation is 1. The molecule has 3 atom stereocenters. The molecule has 2 fully saturated rings. The number of nitrogens with one attached hydrogen (secondary N) is 1. The summed E-state index contributed by atoms with van der Waals surface area (Å²) in [4.78, 5) is 34.6. The molecule has 0 bridgehead atoms. The average molecular weight is 479 g/mol. The van der Waals surface area contributed by atoms with E-state index in [-0.39, 0.29) is 23.9 Å². The molecule has 0 unspecified atom stereocenters. The van der Waals surface area contributed by atoms with Gasteiger partial charge >= 0.3 is 0 Å². The van der Waals surface area contributed by atoms with E-state index in [1.807, 2.05) is 66.6 Å². The minimum Gasteiger partial charge on any atom is -0.375 e. The Balaban J connectivity index is 1.35. The Bertz CT molecular complexity index is 1220. The molecule has 2 aromatic carbocycles. The topological polar surface area (TPSA) is 88.3 Å². The molecule has 2 heterocycles. The van der Waals surface area contributed by atoms with Crippen LogP contribution in [0.2, 0.25) is 0 Å². The Kier molecular flexibility index (Phi) is 5.88. The number of aromatic nitrogens is 1. The predicted molar refractivity (Wildman–Crippen MR) is 134 cm³/mol. The number of carbonyl (C=O) groups is 2. The highest BCUT2D eigenvalue weighted by molar-refractivity contribution is 7.98. The van der Waals surface area contributed by atoms with E-state index < -0.39 is 0 Å². The van der Waals surface area contributed by atoms with Crippen LogP contribution in [-0.2, 0) is 0 Å². The van der Waals surface area contributed by atoms with E-state index in [4.69, 9.17) is 5.73 Å². The van der Waals surface area contributed by atoms with Crippen molar-refractivity contribution in [3.63, 3.8) is 0 Å². The van der Waals surface area contributed by atoms with Crippen molar-refractivity contribution >= 4 is 40.0 Å². The van der Waals surface area contributed by atoms with Crippen molar-refractivity contribution in [2.75, 3.05) is 18.5 Å². The molecular weight excluding hydrogens is 452 g/mol. The fourth-order valence-electron chi connectivity index (χ4n) is 4.72. The number of nitrogen functional groups attached to an aromatic ring is 1. The minimum atomic E-state index is -0.114. The largest absolute Gasteiger partial charge is 0.375 e. The van der Waals surface area contributed by atoms with Crippen LogP contribution in [0.15, 0.2) is 53.4 Å². The first kappa shape index (κ1) is 22.0. The van der Waals surface area contributed by atoms with E-state index in [0.717, 1.165) is 33.7 Å². The molecule has 1 aromatic heterocycles. The van der Waals surface area contributed by atoms with Crippen LogP contribution in [0.5, 0.6) is 0 Å². The maximum absolute atomic E-state index is 13.7. The van der Waals surface area contributed by atoms with Crippen LogP contribution < -0.4 is 11.1 Å². The number of carbonyl (C=O) groups excluding carboxylic acids is 2. The number of piperidine rings is 1. The van der Waals surface area contributed by atoms with E-state index >= 15 is 0 Å². The molecule has 2 aliphatic rings. The van der Waals surface area contributed by atoms with Crippen LogP contribution in [-0.4, -0.2) is 46.6 Å². The number of nitrogens with zero attached hydrogens (tertiary/aromatic N) is 2. The van der Waals surface area contributed by atoms with Gasteiger partial charge in [-0.2, -0.15) is 0 Å². The van der Waals surface area contributed by atoms with Gasteiger partial charge in [-0.3, -0.25) is 9.59 Å². The predicted octanol–water partition coefficient (Wildman–Crippen LogP) is 4.46. The van der Waals surface area contributed by atoms with Gasteiger partial charge in [-0.1, -0.05) is 47.2 Å². The van der Waals surface area contributed by atoms with Gasteiger partial charge in [-0.05, 0) is 55.7 Å². The fraction of sp³-hybridized carbons (Fsp3) is 0.320. The van der Waals surface area contributed by atoms with Gasteiger partial charge in [0.2, 0.25) is 0 Å². The fourth-order valence-corrected chi connectivity index (χ4v) is 6.00. The molecule has 5 rings (SSSR count). The Hall–Kier alpha value is -2.84. The second-order valence-electron chi connectivity index (χ2n) is 8.71. The number of thioether (sulfide) groups is 1. The van der Waals surface area contributed by atoms with Crippen LogP contribution in [0.1, 0.15) is 39.3 Å². The maximum Gasteiger partial charge on any atom is 0.274 e. The van der Waals surface area contributed by atoms with Crippen molar-refractivity contribution in [3.8, 4) is 10.4 Å². The molecule has 3 aromatic rings. The Labute approximate surface area is 201 Å². The number of anilines is 1. The number of hydrogen-bond acceptors (Lipinski definition) is 6. The molecule has 2 amide bonds. The van der Waals surface area contributed by atoms with Crippen molar-refractivity contribution in [2.24, 2.45) is 5.92 Å². The number of rotatable bonds is 6. The minimum absolute atomic E-state index is 0.0396. The molecule has 6 nitrogen and oxygen atoms in total. The second kappa shape index (κ2) is 8.83. The average Bonchev–Trinajstić information content (AvgIpc) is 3.31. The number of nitrogens with two attached hydrogens (primary N) is 1. The number of fused-ring (bicyclic) bond motifs is 1. The van der Waals surface area contributed by atoms with Gasteiger partial charge in [0.1, 0.15) is 5.69 Å². The summed E-state index contributed by atoms with van der Waals surface area (Å²) >= 11 is 2.95. The van der Waals surface area contributed by atoms with Gasteiger partial charge in [0, 0.05) is 23.0 Å². The Morgan fingerprint density at radius 3 is 2.82 bits per heavy atom. The van der Waals surface area contributed by atoms with Crippen molar-refractivity contribution < 1.29 is 9.59 Å². The van der Waals surface area contributed by atoms with E-state index in [0.29, 0.717) is 28.9 Å². The molecule has 1 aliphatic carbocycles. The van der Waals surface area contributed by atoms with E-state index in [2.05, 4.69) is 10.3 Å². The number of benzene rings is 2. The normalized spacial score (nSPS) is 21.0. The van der Waals surface area contributed by atoms with E-state index in [9.17, 15) is 9.59 Å². The summed E-state index contributed by atoms with van der Waals surface area (Å²) in [6.45, 7) is 2.46. The zero-order valence-electron chi connectivity index (χ0n) is 18.6. The number of hydrogen-bond donors (Lipinski definition) is 2. The van der Waals surface area contributed by atoms with Crippen molar-refractivity contribution in [3.05, 3.63) is 65.4 Å². The molecule has 1 saturated carbocycles. The monoisotopic (exact) mass is 478 g/mol. The van der Waals surface area contributed by atoms with Gasteiger partial charge < -0.3 is 16.0 Å². The lowest BCUT2D eigenvalue weighted by Crippen LogP contribution is -2.45. The van der Waals surface area contributed by atoms with Crippen molar-refractivity contribution in [1.82, 2.24) is 15.2 Å². The molecular formula is C25H26N4O2S2. The van der Waals surface area contributed by atoms with Crippen LogP contribution in [0, 0.1) is 12.8 Å². The highest BCUT2D eigenvalue weighted by Gasteiger charge is 2.54. The summed E-state index contributed by atoms with van der Waals surface area (Å²) < 4.78 is 0. The number of likely N-dealkylation sites (tertiary alicyclic amines) is 1. The van der Waals surface area contributed by atoms with Crippen LogP contribution >= 0.6 is 23.1 Å². The molecule has 0 radical (unpaired) electrons. The standard InChI is InChI=1S/C25H26N4O2S2/c1-14-5-3-6-15(9-14)22-21(28-25(26)33-22)24(31)29-18(10-17-12-20(17)29)13-27-23(30)16-7-4-8-19(11-16)32-2/h3-9,11,17-18,20H,10,12-13H2,1-2H3,(H2,26,28)(H,27,30)/t17-,18+,20+/m1/s1. The zero-order chi connectivity index (χ0) is 23.1. The summed E-state index contributed by atoms with van der Waals surface area (Å²) in [6, 6.07) is 15.8. The smallest absolute Gasteiger partial charge is 0.274 e. The zero-order valence-corrected chi connectivity index (χ0v) is 20.2. The summed E-state index contributed by atoms with van der Waals surface area (Å²) in [6.07, 6.45) is 3.91. The molecule has 1 saturated heterocycles. The molecule has 8 heteroatoms. The molecule has 1 aliphatic heterocycles. The molecule has 33 heavy (non-hydrogen) atoms. The first-order valence-electron chi connectivity index (χ1n) is 11.0. The molecule has 3 N–H and O–H groups in total. The Morgan fingerprint density at radius 2 is 2.03 bits per heavy atom. The van der Waals surface area contributed by atoms with Crippen LogP contribution in [0.4, 0.5) is 5.13 Å². The van der Waals surface area contributed by atoms with Gasteiger partial charge in [-0.15, -0.1) is 11.8 Å². The summed E-state index contributed by atoms with van der Waals surface area (Å²) in [5, 5.41) is 3.43. The number of amides is 2. The van der Waals surface area contributed by atoms with Crippen molar-refractivity contribution in [2.45, 2.75) is 36.7 Å². The van der Waals surface area contributed by atoms with Gasteiger partial charge in [0.15, 0.2) is 5.13 Å². The van der Waals surface area contributed by atoms with E-state index in [1.54, 1.807) is 11.8 Å². The lowest BCUT2D eigenvalue weighted by Gasteiger charge is -2.27. The van der Waals surface area contributed by atoms with Crippen molar-refractivity contribution in [1.29, 1.82) is 0 Å². The molecule has 170 valence electrons. The second-order valence-corrected chi connectivity index (χ2v) is 10.6. The third-order valence-electron chi connectivity index (χ3n) is 6.40. The summed E-state index contributed by atoms with van der Waals surface area (Å²) in [5.74, 6) is 0.305. The summed E-state index contributed by atoms with van der Waals surface area (Å²) in [5.41, 5.74) is 9.16. The lowest BCUT2D eigenvalue weighted by atomic mass is 10.1. The van der Waals surface area contributed by atoms with Crippen LogP contribution in [0.25, 0.3) is 10.4 Å². The first-order chi connectivity index (χ1) is 15.9. The highest BCUT2D eigenvalue weighted by atomic mass is 32.2. The van der Waals surface area contributed by atoms with Gasteiger partial charge in [0.25, 0.3) is 11.8 Å². The molecule has 0 spiro atoms. The summed E-state index contributed by atoms with van der Waals surface area (Å²) in [7, 11) is 0. The van der Waals surface area contributed by atoms with E-state index in [1.165, 1.54) is 11.3 Å². The SMILES string of the molecule is CSc1cccc(C(=O)NC[C@@H]2C[C@@H]3C[C@@H]3N2C(=O)c2nc(N)sc2-c2cccc(C)c2)c1. The van der Waals surface area contributed by atoms with Crippen LogP contribution in [0.3, 0.4) is 0 Å². The lowest BCUT2D eigenvalue weighted by molar-refractivity contribution is 0.0684.